The molecular weight excluding hydrogens is 207 g/mol. The van der Waals surface area contributed by atoms with Crippen LogP contribution in [-0.4, -0.2) is 13.7 Å². The first-order valence-electron chi connectivity index (χ1n) is 5.21. The van der Waals surface area contributed by atoms with Gasteiger partial charge in [0.25, 0.3) is 0 Å². The van der Waals surface area contributed by atoms with Gasteiger partial charge in [0.15, 0.2) is 11.6 Å². The highest BCUT2D eigenvalue weighted by Gasteiger charge is 2.25. The van der Waals surface area contributed by atoms with Crippen LogP contribution in [0.3, 0.4) is 0 Å². The van der Waals surface area contributed by atoms with Crippen molar-refractivity contribution in [2.45, 2.75) is 12.5 Å². The number of benzene rings is 1. The molecule has 1 aliphatic rings. The van der Waals surface area contributed by atoms with Crippen molar-refractivity contribution in [2.75, 3.05) is 13.7 Å². The second kappa shape index (κ2) is 4.50. The minimum Gasteiger partial charge on any atom is -0.494 e. The number of halogens is 1. The van der Waals surface area contributed by atoms with Crippen molar-refractivity contribution in [3.8, 4) is 11.8 Å². The molecule has 16 heavy (non-hydrogen) atoms. The molecule has 84 valence electrons. The summed E-state index contributed by atoms with van der Waals surface area (Å²) in [7, 11) is 1.45. The molecule has 0 spiro atoms. The Morgan fingerprint density at radius 2 is 2.38 bits per heavy atom. The van der Waals surface area contributed by atoms with Crippen LogP contribution in [0, 0.1) is 23.1 Å². The second-order valence-electron chi connectivity index (χ2n) is 3.92. The van der Waals surface area contributed by atoms with Crippen LogP contribution in [0.25, 0.3) is 0 Å². The van der Waals surface area contributed by atoms with Gasteiger partial charge in [-0.05, 0) is 24.1 Å². The van der Waals surface area contributed by atoms with E-state index in [1.165, 1.54) is 13.2 Å². The standard InChI is InChI=1S/C12H13FN2O/c1-16-12-5-9(2-3-10(12)13)11-4-8(6-14)7-15-11/h2-3,5,8,11,15H,4,7H2,1H3. The van der Waals surface area contributed by atoms with E-state index in [-0.39, 0.29) is 23.5 Å². The lowest BCUT2D eigenvalue weighted by molar-refractivity contribution is 0.385. The first-order valence-corrected chi connectivity index (χ1v) is 5.21. The largest absolute Gasteiger partial charge is 0.494 e. The molecule has 1 aromatic rings. The van der Waals surface area contributed by atoms with Gasteiger partial charge in [-0.25, -0.2) is 4.39 Å². The van der Waals surface area contributed by atoms with Crippen molar-refractivity contribution >= 4 is 0 Å². The van der Waals surface area contributed by atoms with E-state index in [0.29, 0.717) is 6.54 Å². The van der Waals surface area contributed by atoms with Crippen LogP contribution in [0.4, 0.5) is 4.39 Å². The summed E-state index contributed by atoms with van der Waals surface area (Å²) in [5.41, 5.74) is 0.969. The van der Waals surface area contributed by atoms with Gasteiger partial charge in [0.1, 0.15) is 0 Å². The van der Waals surface area contributed by atoms with Crippen LogP contribution < -0.4 is 10.1 Å². The highest BCUT2D eigenvalue weighted by Crippen LogP contribution is 2.29. The zero-order valence-corrected chi connectivity index (χ0v) is 9.03. The molecule has 1 aliphatic heterocycles. The molecule has 2 atom stereocenters. The third-order valence-corrected chi connectivity index (χ3v) is 2.89. The lowest BCUT2D eigenvalue weighted by Gasteiger charge is -2.12. The Labute approximate surface area is 93.8 Å². The number of hydrogen-bond acceptors (Lipinski definition) is 3. The molecule has 0 amide bonds. The maximum Gasteiger partial charge on any atom is 0.165 e. The van der Waals surface area contributed by atoms with E-state index in [0.717, 1.165) is 12.0 Å². The smallest absolute Gasteiger partial charge is 0.165 e. The molecule has 1 heterocycles. The maximum atomic E-state index is 13.2. The zero-order valence-electron chi connectivity index (χ0n) is 9.03. The van der Waals surface area contributed by atoms with E-state index in [2.05, 4.69) is 11.4 Å². The minimum atomic E-state index is -0.360. The molecule has 1 saturated heterocycles. The van der Waals surface area contributed by atoms with Gasteiger partial charge >= 0.3 is 0 Å². The van der Waals surface area contributed by atoms with Crippen LogP contribution in [0.2, 0.25) is 0 Å². The van der Waals surface area contributed by atoms with Gasteiger partial charge in [-0.3, -0.25) is 0 Å². The van der Waals surface area contributed by atoms with Crippen LogP contribution in [0.15, 0.2) is 18.2 Å². The van der Waals surface area contributed by atoms with Gasteiger partial charge in [-0.2, -0.15) is 5.26 Å². The van der Waals surface area contributed by atoms with Gasteiger partial charge in [0.2, 0.25) is 0 Å². The third kappa shape index (κ3) is 2.00. The average Bonchev–Trinajstić information content (AvgIpc) is 2.78. The highest BCUT2D eigenvalue weighted by atomic mass is 19.1. The molecule has 0 aromatic heterocycles. The molecule has 4 heteroatoms. The Bertz CT molecular complexity index is 428. The molecule has 0 aliphatic carbocycles. The third-order valence-electron chi connectivity index (χ3n) is 2.89. The van der Waals surface area contributed by atoms with Gasteiger partial charge < -0.3 is 10.1 Å². The summed E-state index contributed by atoms with van der Waals surface area (Å²) < 4.78 is 18.1. The number of nitriles is 1. The summed E-state index contributed by atoms with van der Waals surface area (Å²) in [5.74, 6) is -0.0677. The normalized spacial score (nSPS) is 24.1. The van der Waals surface area contributed by atoms with Gasteiger partial charge in [0.05, 0.1) is 19.1 Å². The zero-order chi connectivity index (χ0) is 11.5. The molecule has 1 N–H and O–H groups in total. The van der Waals surface area contributed by atoms with E-state index < -0.39 is 0 Å². The number of methoxy groups -OCH3 is 1. The summed E-state index contributed by atoms with van der Waals surface area (Å²) in [6, 6.07) is 7.18. The Morgan fingerprint density at radius 3 is 3.00 bits per heavy atom. The van der Waals surface area contributed by atoms with E-state index in [9.17, 15) is 4.39 Å². The molecule has 0 radical (unpaired) electrons. The predicted octanol–water partition coefficient (Wildman–Crippen LogP) is 2.01. The van der Waals surface area contributed by atoms with E-state index in [1.54, 1.807) is 12.1 Å². The molecule has 3 nitrogen and oxygen atoms in total. The SMILES string of the molecule is COc1cc(C2CC(C#N)CN2)ccc1F. The topological polar surface area (TPSA) is 45.0 Å². The summed E-state index contributed by atoms with van der Waals surface area (Å²) >= 11 is 0. The van der Waals surface area contributed by atoms with Crippen molar-refractivity contribution in [3.63, 3.8) is 0 Å². The predicted molar refractivity (Wildman–Crippen MR) is 57.4 cm³/mol. The average molecular weight is 220 g/mol. The Kier molecular flexibility index (Phi) is 3.07. The molecule has 1 aromatic carbocycles. The molecule has 0 bridgehead atoms. The van der Waals surface area contributed by atoms with Crippen molar-refractivity contribution in [2.24, 2.45) is 5.92 Å². The highest BCUT2D eigenvalue weighted by molar-refractivity contribution is 5.32. The summed E-state index contributed by atoms with van der Waals surface area (Å²) in [4.78, 5) is 0. The fourth-order valence-corrected chi connectivity index (χ4v) is 1.98. The molecule has 0 saturated carbocycles. The maximum absolute atomic E-state index is 13.2. The van der Waals surface area contributed by atoms with Crippen molar-refractivity contribution in [1.82, 2.24) is 5.32 Å². The number of nitrogens with zero attached hydrogens (tertiary/aromatic N) is 1. The number of rotatable bonds is 2. The first-order chi connectivity index (χ1) is 7.74. The Hall–Kier alpha value is -1.60. The Morgan fingerprint density at radius 1 is 1.56 bits per heavy atom. The molecule has 2 rings (SSSR count). The lowest BCUT2D eigenvalue weighted by atomic mass is 10.0. The fraction of sp³-hybridized carbons (Fsp3) is 0.417. The number of ether oxygens (including phenoxy) is 1. The van der Waals surface area contributed by atoms with Crippen molar-refractivity contribution < 1.29 is 9.13 Å². The van der Waals surface area contributed by atoms with Gasteiger partial charge in [-0.15, -0.1) is 0 Å². The Balaban J connectivity index is 2.19. The van der Waals surface area contributed by atoms with Gasteiger partial charge in [-0.1, -0.05) is 6.07 Å². The second-order valence-corrected chi connectivity index (χ2v) is 3.92. The number of nitrogens with one attached hydrogen (secondary N) is 1. The lowest BCUT2D eigenvalue weighted by Crippen LogP contribution is -2.13. The van der Waals surface area contributed by atoms with Crippen LogP contribution in [0.5, 0.6) is 5.75 Å². The molecule has 1 fully saturated rings. The summed E-state index contributed by atoms with van der Waals surface area (Å²) in [5, 5.41) is 12.0. The van der Waals surface area contributed by atoms with Gasteiger partial charge in [0, 0.05) is 12.6 Å². The summed E-state index contributed by atoms with van der Waals surface area (Å²) in [6.07, 6.45) is 0.769. The van der Waals surface area contributed by atoms with E-state index in [1.807, 2.05) is 0 Å². The van der Waals surface area contributed by atoms with Crippen LogP contribution in [-0.2, 0) is 0 Å². The fourth-order valence-electron chi connectivity index (χ4n) is 1.98. The van der Waals surface area contributed by atoms with Crippen molar-refractivity contribution in [3.05, 3.63) is 29.6 Å². The van der Waals surface area contributed by atoms with Crippen LogP contribution in [0.1, 0.15) is 18.0 Å². The summed E-state index contributed by atoms with van der Waals surface area (Å²) in [6.45, 7) is 0.695. The quantitative estimate of drug-likeness (QED) is 0.829. The molecular formula is C12H13FN2O. The van der Waals surface area contributed by atoms with Crippen LogP contribution >= 0.6 is 0 Å². The van der Waals surface area contributed by atoms with E-state index >= 15 is 0 Å². The minimum absolute atomic E-state index is 0.0426. The van der Waals surface area contributed by atoms with Crippen molar-refractivity contribution in [1.29, 1.82) is 5.26 Å². The monoisotopic (exact) mass is 220 g/mol. The van der Waals surface area contributed by atoms with E-state index in [4.69, 9.17) is 10.00 Å². The first kappa shape index (κ1) is 10.9. The molecule has 2 unspecified atom stereocenters. The number of hydrogen-bond donors (Lipinski definition) is 1.